The number of hydrogen-bond donors (Lipinski definition) is 1. The molecule has 3 aromatic carbocycles. The number of imide groups is 1. The van der Waals surface area contributed by atoms with Crippen LogP contribution in [-0.4, -0.2) is 25.0 Å². The lowest BCUT2D eigenvalue weighted by molar-refractivity contribution is -0.120. The monoisotopic (exact) mass is 442 g/mol. The molecule has 1 aliphatic heterocycles. The summed E-state index contributed by atoms with van der Waals surface area (Å²) in [4.78, 5) is 28.3. The first-order valence-electron chi connectivity index (χ1n) is 10.8. The Morgan fingerprint density at radius 1 is 0.879 bits per heavy atom. The minimum absolute atomic E-state index is 0.0318. The van der Waals surface area contributed by atoms with Crippen LogP contribution in [0.5, 0.6) is 11.5 Å². The van der Waals surface area contributed by atoms with Crippen molar-refractivity contribution in [2.24, 2.45) is 0 Å². The molecule has 0 bridgehead atoms. The molecule has 0 saturated carbocycles. The lowest BCUT2D eigenvalue weighted by atomic mass is 10.0. The van der Waals surface area contributed by atoms with Gasteiger partial charge in [-0.25, -0.2) is 4.90 Å². The molecule has 6 heteroatoms. The van der Waals surface area contributed by atoms with E-state index in [1.54, 1.807) is 49.6 Å². The Morgan fingerprint density at radius 2 is 1.61 bits per heavy atom. The maximum absolute atomic E-state index is 13.6. The van der Waals surface area contributed by atoms with Gasteiger partial charge in [-0.15, -0.1) is 0 Å². The number of anilines is 2. The van der Waals surface area contributed by atoms with Crippen LogP contribution in [-0.2, 0) is 9.59 Å². The highest BCUT2D eigenvalue weighted by atomic mass is 16.5. The normalized spacial score (nSPS) is 13.7. The van der Waals surface area contributed by atoms with Gasteiger partial charge in [0, 0.05) is 0 Å². The average Bonchev–Trinajstić information content (AvgIpc) is 3.03. The minimum atomic E-state index is -0.422. The van der Waals surface area contributed by atoms with E-state index in [-0.39, 0.29) is 17.7 Å². The SMILES string of the molecule is COc1ccccc1NC1=C(c2ccc(OC(C)C)cc2)C(=O)N(c2cccc(C)c2)C1=O. The number of rotatable bonds is 7. The van der Waals surface area contributed by atoms with E-state index in [0.717, 1.165) is 5.56 Å². The van der Waals surface area contributed by atoms with Gasteiger partial charge >= 0.3 is 0 Å². The predicted molar refractivity (Wildman–Crippen MR) is 129 cm³/mol. The summed E-state index contributed by atoms with van der Waals surface area (Å²) in [5.74, 6) is 0.453. The molecule has 0 spiro atoms. The van der Waals surface area contributed by atoms with E-state index in [1.165, 1.54) is 4.90 Å². The van der Waals surface area contributed by atoms with Crippen LogP contribution in [0.4, 0.5) is 11.4 Å². The van der Waals surface area contributed by atoms with Crippen molar-refractivity contribution in [3.8, 4) is 11.5 Å². The van der Waals surface area contributed by atoms with Gasteiger partial charge < -0.3 is 14.8 Å². The first-order valence-corrected chi connectivity index (χ1v) is 10.8. The molecular weight excluding hydrogens is 416 g/mol. The molecule has 0 aliphatic carbocycles. The van der Waals surface area contributed by atoms with Crippen molar-refractivity contribution in [2.45, 2.75) is 26.9 Å². The molecule has 0 radical (unpaired) electrons. The van der Waals surface area contributed by atoms with Crippen LogP contribution < -0.4 is 19.7 Å². The fourth-order valence-corrected chi connectivity index (χ4v) is 3.77. The summed E-state index contributed by atoms with van der Waals surface area (Å²) in [5, 5.41) is 3.16. The molecule has 0 aromatic heterocycles. The number of methoxy groups -OCH3 is 1. The molecule has 6 nitrogen and oxygen atoms in total. The van der Waals surface area contributed by atoms with Crippen molar-refractivity contribution in [3.05, 3.63) is 89.6 Å². The highest BCUT2D eigenvalue weighted by Crippen LogP contribution is 2.36. The molecular formula is C27H26N2O4. The maximum atomic E-state index is 13.6. The van der Waals surface area contributed by atoms with Crippen molar-refractivity contribution >= 4 is 28.8 Å². The van der Waals surface area contributed by atoms with Gasteiger partial charge in [-0.05, 0) is 68.3 Å². The third kappa shape index (κ3) is 4.46. The number of para-hydroxylation sites is 2. The van der Waals surface area contributed by atoms with Crippen LogP contribution in [0, 0.1) is 6.92 Å². The van der Waals surface area contributed by atoms with Gasteiger partial charge in [-0.1, -0.05) is 36.4 Å². The Hall–Kier alpha value is -4.06. The first-order chi connectivity index (χ1) is 15.9. The van der Waals surface area contributed by atoms with Gasteiger partial charge in [0.1, 0.15) is 17.2 Å². The van der Waals surface area contributed by atoms with Crippen LogP contribution in [0.3, 0.4) is 0 Å². The number of ether oxygens (including phenoxy) is 2. The van der Waals surface area contributed by atoms with Gasteiger partial charge in [0.2, 0.25) is 0 Å². The number of benzene rings is 3. The quantitative estimate of drug-likeness (QED) is 0.510. The van der Waals surface area contributed by atoms with Crippen LogP contribution >= 0.6 is 0 Å². The molecule has 0 saturated heterocycles. The van der Waals surface area contributed by atoms with Crippen LogP contribution in [0.1, 0.15) is 25.0 Å². The largest absolute Gasteiger partial charge is 0.495 e. The Bertz CT molecular complexity index is 1230. The summed E-state index contributed by atoms with van der Waals surface area (Å²) >= 11 is 0. The fourth-order valence-electron chi connectivity index (χ4n) is 3.77. The Labute approximate surface area is 193 Å². The summed E-state index contributed by atoms with van der Waals surface area (Å²) in [6.45, 7) is 5.82. The Balaban J connectivity index is 1.80. The number of amides is 2. The topological polar surface area (TPSA) is 67.9 Å². The van der Waals surface area contributed by atoms with Gasteiger partial charge in [0.15, 0.2) is 0 Å². The highest BCUT2D eigenvalue weighted by molar-refractivity contribution is 6.46. The summed E-state index contributed by atoms with van der Waals surface area (Å²) < 4.78 is 11.2. The zero-order chi connectivity index (χ0) is 23.5. The number of aryl methyl sites for hydroxylation is 1. The third-order valence-electron chi connectivity index (χ3n) is 5.23. The predicted octanol–water partition coefficient (Wildman–Crippen LogP) is 5.19. The third-order valence-corrected chi connectivity index (χ3v) is 5.23. The smallest absolute Gasteiger partial charge is 0.282 e. The molecule has 33 heavy (non-hydrogen) atoms. The number of hydrogen-bond acceptors (Lipinski definition) is 5. The molecule has 0 unspecified atom stereocenters. The second kappa shape index (κ2) is 9.20. The second-order valence-electron chi connectivity index (χ2n) is 8.05. The molecule has 1 heterocycles. The van der Waals surface area contributed by atoms with Crippen LogP contribution in [0.15, 0.2) is 78.5 Å². The van der Waals surface area contributed by atoms with Crippen molar-refractivity contribution in [1.82, 2.24) is 0 Å². The van der Waals surface area contributed by atoms with E-state index >= 15 is 0 Å². The summed E-state index contributed by atoms with van der Waals surface area (Å²) in [7, 11) is 1.56. The molecule has 0 atom stereocenters. The molecule has 2 amide bonds. The summed E-state index contributed by atoms with van der Waals surface area (Å²) in [6.07, 6.45) is 0.0318. The molecule has 1 N–H and O–H groups in total. The highest BCUT2D eigenvalue weighted by Gasteiger charge is 2.40. The summed E-state index contributed by atoms with van der Waals surface area (Å²) in [6, 6.07) is 21.8. The first kappa shape index (κ1) is 22.1. The standard InChI is InChI=1S/C27H26N2O4/c1-17(2)33-21-14-12-19(13-15-21)24-25(28-22-10-5-6-11-23(22)32-4)27(31)29(26(24)30)20-9-7-8-18(3)16-20/h5-17,28H,1-4H3. The molecule has 1 aliphatic rings. The molecule has 0 fully saturated rings. The lowest BCUT2D eigenvalue weighted by Gasteiger charge is -2.16. The van der Waals surface area contributed by atoms with Gasteiger partial charge in [-0.2, -0.15) is 0 Å². The lowest BCUT2D eigenvalue weighted by Crippen LogP contribution is -2.32. The second-order valence-corrected chi connectivity index (χ2v) is 8.05. The van der Waals surface area contributed by atoms with E-state index in [9.17, 15) is 9.59 Å². The van der Waals surface area contributed by atoms with Crippen LogP contribution in [0.25, 0.3) is 5.57 Å². The average molecular weight is 443 g/mol. The fraction of sp³-hybridized carbons (Fsp3) is 0.185. The zero-order valence-corrected chi connectivity index (χ0v) is 19.1. The van der Waals surface area contributed by atoms with Gasteiger partial charge in [-0.3, -0.25) is 9.59 Å². The molecule has 4 rings (SSSR count). The minimum Gasteiger partial charge on any atom is -0.495 e. The number of carbonyl (C=O) groups is 2. The Kier molecular flexibility index (Phi) is 6.18. The van der Waals surface area contributed by atoms with Crippen molar-refractivity contribution in [3.63, 3.8) is 0 Å². The van der Waals surface area contributed by atoms with E-state index in [1.807, 2.05) is 51.1 Å². The molecule has 168 valence electrons. The van der Waals surface area contributed by atoms with Crippen molar-refractivity contribution < 1.29 is 19.1 Å². The number of carbonyl (C=O) groups excluding carboxylic acids is 2. The maximum Gasteiger partial charge on any atom is 0.282 e. The molecule has 3 aromatic rings. The van der Waals surface area contributed by atoms with E-state index in [0.29, 0.717) is 34.0 Å². The number of nitrogens with one attached hydrogen (secondary N) is 1. The summed E-state index contributed by atoms with van der Waals surface area (Å²) in [5.41, 5.74) is 3.19. The Morgan fingerprint density at radius 3 is 2.27 bits per heavy atom. The van der Waals surface area contributed by atoms with E-state index in [4.69, 9.17) is 9.47 Å². The van der Waals surface area contributed by atoms with Crippen LogP contribution in [0.2, 0.25) is 0 Å². The number of nitrogens with zero attached hydrogens (tertiary/aromatic N) is 1. The van der Waals surface area contributed by atoms with Crippen molar-refractivity contribution in [1.29, 1.82) is 0 Å². The van der Waals surface area contributed by atoms with Crippen molar-refractivity contribution in [2.75, 3.05) is 17.3 Å². The van der Waals surface area contributed by atoms with E-state index in [2.05, 4.69) is 5.32 Å². The zero-order valence-electron chi connectivity index (χ0n) is 19.1. The van der Waals surface area contributed by atoms with Gasteiger partial charge in [0.25, 0.3) is 11.8 Å². The van der Waals surface area contributed by atoms with E-state index < -0.39 is 5.91 Å². The van der Waals surface area contributed by atoms with Gasteiger partial charge in [0.05, 0.1) is 30.2 Å².